The van der Waals surface area contributed by atoms with Crippen LogP contribution in [0.3, 0.4) is 0 Å². The second-order valence-electron chi connectivity index (χ2n) is 4.61. The number of nitrogens with zero attached hydrogens (tertiary/aromatic N) is 1. The minimum absolute atomic E-state index is 0.0526. The predicted molar refractivity (Wildman–Crippen MR) is 68.2 cm³/mol. The third kappa shape index (κ3) is 3.42. The van der Waals surface area contributed by atoms with Crippen molar-refractivity contribution in [3.8, 4) is 5.75 Å². The highest BCUT2D eigenvalue weighted by molar-refractivity contribution is 5.44. The van der Waals surface area contributed by atoms with Crippen LogP contribution in [-0.4, -0.2) is 29.3 Å². The first kappa shape index (κ1) is 13.8. The lowest BCUT2D eigenvalue weighted by Gasteiger charge is -2.24. The van der Waals surface area contributed by atoms with E-state index in [9.17, 15) is 15.2 Å². The van der Waals surface area contributed by atoms with Crippen LogP contribution in [0.5, 0.6) is 5.75 Å². The lowest BCUT2D eigenvalue weighted by Crippen LogP contribution is -2.28. The first-order valence-corrected chi connectivity index (χ1v) is 6.28. The molecule has 0 aromatic heterocycles. The van der Waals surface area contributed by atoms with Crippen LogP contribution in [0.1, 0.15) is 31.4 Å². The Morgan fingerprint density at radius 3 is 2.95 bits per heavy atom. The maximum Gasteiger partial charge on any atom is 0.270 e. The van der Waals surface area contributed by atoms with Gasteiger partial charge in [0, 0.05) is 24.3 Å². The van der Waals surface area contributed by atoms with Crippen LogP contribution in [0.15, 0.2) is 18.2 Å². The van der Waals surface area contributed by atoms with E-state index in [0.29, 0.717) is 17.9 Å². The molecule has 2 rings (SSSR count). The molecule has 2 unspecified atom stereocenters. The summed E-state index contributed by atoms with van der Waals surface area (Å²) >= 11 is 0. The Kier molecular flexibility index (Phi) is 4.34. The van der Waals surface area contributed by atoms with Gasteiger partial charge in [0.15, 0.2) is 0 Å². The molecule has 1 N–H and O–H groups in total. The zero-order valence-electron chi connectivity index (χ0n) is 10.7. The second kappa shape index (κ2) is 5.99. The van der Waals surface area contributed by atoms with Crippen LogP contribution in [0.25, 0.3) is 0 Å². The molecule has 0 bridgehead atoms. The Labute approximate surface area is 111 Å². The SMILES string of the molecule is CC(O)c1cc([N+](=O)[O-])ccc1OC1CCCOC1. The van der Waals surface area contributed by atoms with Gasteiger partial charge in [0.2, 0.25) is 0 Å². The number of ether oxygens (including phenoxy) is 2. The molecule has 0 aliphatic carbocycles. The van der Waals surface area contributed by atoms with E-state index in [2.05, 4.69) is 0 Å². The number of hydrogen-bond donors (Lipinski definition) is 1. The number of benzene rings is 1. The summed E-state index contributed by atoms with van der Waals surface area (Å²) in [6.07, 6.45) is 0.935. The molecule has 1 aliphatic rings. The Balaban J connectivity index is 2.20. The monoisotopic (exact) mass is 267 g/mol. The molecule has 1 aromatic rings. The Hall–Kier alpha value is -1.66. The lowest BCUT2D eigenvalue weighted by molar-refractivity contribution is -0.385. The summed E-state index contributed by atoms with van der Waals surface area (Å²) in [5.41, 5.74) is 0.378. The summed E-state index contributed by atoms with van der Waals surface area (Å²) in [6.45, 7) is 2.81. The van der Waals surface area contributed by atoms with Crippen LogP contribution in [0.2, 0.25) is 0 Å². The Bertz CT molecular complexity index is 454. The third-order valence-electron chi connectivity index (χ3n) is 3.07. The highest BCUT2D eigenvalue weighted by Crippen LogP contribution is 2.30. The van der Waals surface area contributed by atoms with Crippen LogP contribution < -0.4 is 4.74 Å². The highest BCUT2D eigenvalue weighted by Gasteiger charge is 2.20. The minimum atomic E-state index is -0.820. The van der Waals surface area contributed by atoms with Gasteiger partial charge in [-0.15, -0.1) is 0 Å². The smallest absolute Gasteiger partial charge is 0.270 e. The number of hydrogen-bond acceptors (Lipinski definition) is 5. The van der Waals surface area contributed by atoms with Gasteiger partial charge >= 0.3 is 0 Å². The average molecular weight is 267 g/mol. The second-order valence-corrected chi connectivity index (χ2v) is 4.61. The van der Waals surface area contributed by atoms with E-state index in [1.54, 1.807) is 6.92 Å². The molecule has 1 heterocycles. The molecule has 104 valence electrons. The highest BCUT2D eigenvalue weighted by atomic mass is 16.6. The number of non-ortho nitro benzene ring substituents is 1. The van der Waals surface area contributed by atoms with Gasteiger partial charge in [0.25, 0.3) is 5.69 Å². The fraction of sp³-hybridized carbons (Fsp3) is 0.538. The summed E-state index contributed by atoms with van der Waals surface area (Å²) in [7, 11) is 0. The van der Waals surface area contributed by atoms with Crippen molar-refractivity contribution < 1.29 is 19.5 Å². The van der Waals surface area contributed by atoms with Gasteiger partial charge in [-0.05, 0) is 25.8 Å². The molecule has 6 heteroatoms. The van der Waals surface area contributed by atoms with Crippen molar-refractivity contribution in [3.63, 3.8) is 0 Å². The topological polar surface area (TPSA) is 81.8 Å². The molecular formula is C13H17NO5. The van der Waals surface area contributed by atoms with Gasteiger partial charge < -0.3 is 14.6 Å². The fourth-order valence-corrected chi connectivity index (χ4v) is 2.07. The van der Waals surface area contributed by atoms with E-state index >= 15 is 0 Å². The van der Waals surface area contributed by atoms with Crippen molar-refractivity contribution in [1.82, 2.24) is 0 Å². The molecule has 2 atom stereocenters. The quantitative estimate of drug-likeness (QED) is 0.668. The summed E-state index contributed by atoms with van der Waals surface area (Å²) in [4.78, 5) is 10.3. The van der Waals surface area contributed by atoms with Crippen molar-refractivity contribution in [2.45, 2.75) is 32.0 Å². The molecule has 6 nitrogen and oxygen atoms in total. The maximum atomic E-state index is 10.7. The van der Waals surface area contributed by atoms with E-state index in [0.717, 1.165) is 19.4 Å². The fourth-order valence-electron chi connectivity index (χ4n) is 2.07. The predicted octanol–water partition coefficient (Wildman–Crippen LogP) is 2.21. The molecule has 1 aliphatic heterocycles. The standard InChI is InChI=1S/C13H17NO5/c1-9(15)12-7-10(14(16)17)4-5-13(12)19-11-3-2-6-18-8-11/h4-5,7,9,11,15H,2-3,6,8H2,1H3. The third-order valence-corrected chi connectivity index (χ3v) is 3.07. The first-order valence-electron chi connectivity index (χ1n) is 6.28. The number of aliphatic hydroxyl groups excluding tert-OH is 1. The summed E-state index contributed by atoms with van der Waals surface area (Å²) in [5, 5.41) is 20.4. The van der Waals surface area contributed by atoms with Crippen LogP contribution in [0.4, 0.5) is 5.69 Å². The van der Waals surface area contributed by atoms with Gasteiger partial charge in [-0.1, -0.05) is 0 Å². The van der Waals surface area contributed by atoms with Crippen molar-refractivity contribution in [1.29, 1.82) is 0 Å². The molecule has 1 saturated heterocycles. The van der Waals surface area contributed by atoms with Crippen LogP contribution in [0, 0.1) is 10.1 Å². The minimum Gasteiger partial charge on any atom is -0.488 e. The molecule has 0 spiro atoms. The summed E-state index contributed by atoms with van der Waals surface area (Å²) in [6, 6.07) is 4.27. The molecule has 19 heavy (non-hydrogen) atoms. The van der Waals surface area contributed by atoms with Crippen LogP contribution in [-0.2, 0) is 4.74 Å². The Morgan fingerprint density at radius 2 is 2.37 bits per heavy atom. The van der Waals surface area contributed by atoms with Gasteiger partial charge in [-0.3, -0.25) is 10.1 Å². The van der Waals surface area contributed by atoms with Gasteiger partial charge in [0.1, 0.15) is 11.9 Å². The van der Waals surface area contributed by atoms with Gasteiger partial charge in [-0.25, -0.2) is 0 Å². The average Bonchev–Trinajstić information content (AvgIpc) is 2.39. The number of rotatable bonds is 4. The number of nitro benzene ring substituents is 1. The zero-order chi connectivity index (χ0) is 13.8. The number of aliphatic hydroxyl groups is 1. The molecule has 1 fully saturated rings. The van der Waals surface area contributed by atoms with Crippen LogP contribution >= 0.6 is 0 Å². The molecule has 1 aromatic carbocycles. The Morgan fingerprint density at radius 1 is 1.58 bits per heavy atom. The van der Waals surface area contributed by atoms with E-state index in [4.69, 9.17) is 9.47 Å². The van der Waals surface area contributed by atoms with Crippen molar-refractivity contribution >= 4 is 5.69 Å². The molecule has 0 amide bonds. The first-order chi connectivity index (χ1) is 9.08. The molecular weight excluding hydrogens is 250 g/mol. The van der Waals surface area contributed by atoms with Gasteiger partial charge in [-0.2, -0.15) is 0 Å². The maximum absolute atomic E-state index is 10.7. The summed E-state index contributed by atoms with van der Waals surface area (Å²) in [5.74, 6) is 0.483. The van der Waals surface area contributed by atoms with Crippen molar-refractivity contribution in [3.05, 3.63) is 33.9 Å². The van der Waals surface area contributed by atoms with E-state index in [-0.39, 0.29) is 11.8 Å². The molecule has 0 radical (unpaired) electrons. The van der Waals surface area contributed by atoms with E-state index < -0.39 is 11.0 Å². The van der Waals surface area contributed by atoms with Gasteiger partial charge in [0.05, 0.1) is 17.6 Å². The molecule has 0 saturated carbocycles. The number of nitro groups is 1. The van der Waals surface area contributed by atoms with Crippen molar-refractivity contribution in [2.75, 3.05) is 13.2 Å². The zero-order valence-corrected chi connectivity index (χ0v) is 10.7. The van der Waals surface area contributed by atoms with E-state index in [1.165, 1.54) is 18.2 Å². The lowest BCUT2D eigenvalue weighted by atomic mass is 10.1. The normalized spacial score (nSPS) is 20.8. The van der Waals surface area contributed by atoms with E-state index in [1.807, 2.05) is 0 Å². The van der Waals surface area contributed by atoms with Crippen molar-refractivity contribution in [2.24, 2.45) is 0 Å². The summed E-state index contributed by atoms with van der Waals surface area (Å²) < 4.78 is 11.1. The largest absolute Gasteiger partial charge is 0.488 e.